The molecular formula is C30H28ClN3O2. The molecule has 3 aromatic carbocycles. The van der Waals surface area contributed by atoms with Crippen molar-refractivity contribution >= 4 is 23.4 Å². The van der Waals surface area contributed by atoms with Crippen LogP contribution in [0.4, 0.5) is 0 Å². The van der Waals surface area contributed by atoms with Gasteiger partial charge in [0.1, 0.15) is 6.04 Å². The smallest absolute Gasteiger partial charge is 0.243 e. The Morgan fingerprint density at radius 2 is 1.36 bits per heavy atom. The minimum atomic E-state index is -0.693. The maximum atomic E-state index is 13.7. The largest absolute Gasteiger partial charge is 0.350 e. The fourth-order valence-electron chi connectivity index (χ4n) is 4.02. The average Bonchev–Trinajstić information content (AvgIpc) is 2.92. The highest BCUT2D eigenvalue weighted by Gasteiger charge is 2.30. The number of pyridine rings is 1. The van der Waals surface area contributed by atoms with Crippen LogP contribution in [0.2, 0.25) is 5.02 Å². The molecular weight excluding hydrogens is 470 g/mol. The van der Waals surface area contributed by atoms with Crippen molar-refractivity contribution < 1.29 is 9.59 Å². The summed E-state index contributed by atoms with van der Waals surface area (Å²) >= 11 is 6.09. The number of rotatable bonds is 10. The summed E-state index contributed by atoms with van der Waals surface area (Å²) in [5, 5.41) is 3.65. The van der Waals surface area contributed by atoms with Gasteiger partial charge in [-0.3, -0.25) is 14.6 Å². The van der Waals surface area contributed by atoms with Crippen LogP contribution in [-0.4, -0.2) is 27.7 Å². The molecule has 2 amide bonds. The SMILES string of the molecule is O=C(NCc1ccncc1)C(Cc1ccccc1)N(Cc1ccc(Cl)cc1)C(=O)Cc1ccccc1. The van der Waals surface area contributed by atoms with Crippen molar-refractivity contribution in [2.75, 3.05) is 0 Å². The molecule has 0 aliphatic heterocycles. The predicted molar refractivity (Wildman–Crippen MR) is 142 cm³/mol. The molecule has 4 rings (SSSR count). The molecule has 0 aliphatic rings. The Labute approximate surface area is 216 Å². The molecule has 0 saturated carbocycles. The predicted octanol–water partition coefficient (Wildman–Crippen LogP) is 5.23. The summed E-state index contributed by atoms with van der Waals surface area (Å²) in [5.41, 5.74) is 3.73. The zero-order valence-electron chi connectivity index (χ0n) is 19.9. The van der Waals surface area contributed by atoms with Gasteiger partial charge in [-0.1, -0.05) is 84.4 Å². The highest BCUT2D eigenvalue weighted by molar-refractivity contribution is 6.30. The van der Waals surface area contributed by atoms with Gasteiger partial charge in [0.25, 0.3) is 0 Å². The zero-order valence-corrected chi connectivity index (χ0v) is 20.6. The monoisotopic (exact) mass is 497 g/mol. The van der Waals surface area contributed by atoms with Gasteiger partial charge in [0.05, 0.1) is 6.42 Å². The lowest BCUT2D eigenvalue weighted by molar-refractivity contribution is -0.140. The van der Waals surface area contributed by atoms with Gasteiger partial charge in [0, 0.05) is 36.9 Å². The number of carbonyl (C=O) groups is 2. The summed E-state index contributed by atoms with van der Waals surface area (Å²) in [6.45, 7) is 0.650. The molecule has 6 heteroatoms. The lowest BCUT2D eigenvalue weighted by Gasteiger charge is -2.32. The third-order valence-electron chi connectivity index (χ3n) is 5.95. The molecule has 1 atom stereocenters. The molecule has 36 heavy (non-hydrogen) atoms. The molecule has 5 nitrogen and oxygen atoms in total. The van der Waals surface area contributed by atoms with Crippen LogP contribution >= 0.6 is 11.6 Å². The van der Waals surface area contributed by atoms with E-state index in [1.165, 1.54) is 0 Å². The molecule has 0 spiro atoms. The van der Waals surface area contributed by atoms with E-state index in [1.807, 2.05) is 84.9 Å². The van der Waals surface area contributed by atoms with Crippen molar-refractivity contribution in [2.45, 2.75) is 32.0 Å². The fourth-order valence-corrected chi connectivity index (χ4v) is 4.15. The Hall–Kier alpha value is -3.96. The normalized spacial score (nSPS) is 11.5. The maximum absolute atomic E-state index is 13.7. The highest BCUT2D eigenvalue weighted by Crippen LogP contribution is 2.18. The molecule has 0 fully saturated rings. The number of amides is 2. The minimum Gasteiger partial charge on any atom is -0.350 e. The molecule has 182 valence electrons. The van der Waals surface area contributed by atoms with E-state index in [9.17, 15) is 9.59 Å². The summed E-state index contributed by atoms with van der Waals surface area (Å²) in [7, 11) is 0. The van der Waals surface area contributed by atoms with Gasteiger partial charge >= 0.3 is 0 Å². The number of aromatic nitrogens is 1. The standard InChI is InChI=1S/C30H28ClN3O2/c31-27-13-11-26(12-14-27)22-34(29(35)20-24-9-5-2-6-10-24)28(19-23-7-3-1-4-8-23)30(36)33-21-25-15-17-32-18-16-25/h1-18,28H,19-22H2,(H,33,36). The second kappa shape index (κ2) is 12.7. The van der Waals surface area contributed by atoms with E-state index < -0.39 is 6.04 Å². The lowest BCUT2D eigenvalue weighted by Crippen LogP contribution is -2.50. The van der Waals surface area contributed by atoms with Gasteiger partial charge < -0.3 is 10.2 Å². The van der Waals surface area contributed by atoms with Gasteiger partial charge in [-0.15, -0.1) is 0 Å². The van der Waals surface area contributed by atoms with Gasteiger partial charge in [-0.25, -0.2) is 0 Å². The van der Waals surface area contributed by atoms with E-state index in [1.54, 1.807) is 29.4 Å². The van der Waals surface area contributed by atoms with Crippen LogP contribution in [0.1, 0.15) is 22.3 Å². The average molecular weight is 498 g/mol. The molecule has 4 aromatic rings. The van der Waals surface area contributed by atoms with Crippen LogP contribution in [0.5, 0.6) is 0 Å². The molecule has 1 aromatic heterocycles. The summed E-state index contributed by atoms with van der Waals surface area (Å²) in [6, 6.07) is 29.8. The molecule has 0 saturated heterocycles. The Morgan fingerprint density at radius 1 is 0.750 bits per heavy atom. The molecule has 1 unspecified atom stereocenters. The lowest BCUT2D eigenvalue weighted by atomic mass is 10.0. The Bertz CT molecular complexity index is 1250. The van der Waals surface area contributed by atoms with Crippen molar-refractivity contribution in [3.8, 4) is 0 Å². The number of hydrogen-bond acceptors (Lipinski definition) is 3. The number of nitrogens with zero attached hydrogens (tertiary/aromatic N) is 2. The van der Waals surface area contributed by atoms with Crippen molar-refractivity contribution in [1.82, 2.24) is 15.2 Å². The van der Waals surface area contributed by atoms with Crippen LogP contribution in [0.15, 0.2) is 109 Å². The molecule has 0 aliphatic carbocycles. The van der Waals surface area contributed by atoms with Crippen LogP contribution in [-0.2, 0) is 35.5 Å². The fraction of sp³-hybridized carbons (Fsp3) is 0.167. The van der Waals surface area contributed by atoms with Crippen LogP contribution in [0.25, 0.3) is 0 Å². The third kappa shape index (κ3) is 7.27. The second-order valence-corrected chi connectivity index (χ2v) is 9.03. The summed E-state index contributed by atoms with van der Waals surface area (Å²) in [4.78, 5) is 33.0. The first kappa shape index (κ1) is 25.1. The van der Waals surface area contributed by atoms with Crippen molar-refractivity contribution in [2.24, 2.45) is 0 Å². The number of benzene rings is 3. The molecule has 1 heterocycles. The first-order valence-electron chi connectivity index (χ1n) is 11.9. The first-order chi connectivity index (χ1) is 17.6. The van der Waals surface area contributed by atoms with Crippen LogP contribution < -0.4 is 5.32 Å². The van der Waals surface area contributed by atoms with E-state index in [4.69, 9.17) is 11.6 Å². The Balaban J connectivity index is 1.63. The summed E-state index contributed by atoms with van der Waals surface area (Å²) in [6.07, 6.45) is 3.99. The van der Waals surface area contributed by atoms with Gasteiger partial charge in [-0.05, 0) is 46.5 Å². The van der Waals surface area contributed by atoms with Crippen LogP contribution in [0.3, 0.4) is 0 Å². The van der Waals surface area contributed by atoms with Crippen LogP contribution in [0, 0.1) is 0 Å². The van der Waals surface area contributed by atoms with Gasteiger partial charge in [0.2, 0.25) is 11.8 Å². The summed E-state index contributed by atoms with van der Waals surface area (Å²) in [5.74, 6) is -0.317. The van der Waals surface area contributed by atoms with Crippen molar-refractivity contribution in [1.29, 1.82) is 0 Å². The van der Waals surface area contributed by atoms with E-state index >= 15 is 0 Å². The first-order valence-corrected chi connectivity index (χ1v) is 12.2. The Kier molecular flexibility index (Phi) is 8.84. The Morgan fingerprint density at radius 3 is 2.00 bits per heavy atom. The second-order valence-electron chi connectivity index (χ2n) is 8.59. The van der Waals surface area contributed by atoms with E-state index in [2.05, 4.69) is 10.3 Å². The van der Waals surface area contributed by atoms with Crippen molar-refractivity contribution in [3.63, 3.8) is 0 Å². The van der Waals surface area contributed by atoms with Gasteiger partial charge in [-0.2, -0.15) is 0 Å². The minimum absolute atomic E-state index is 0.115. The van der Waals surface area contributed by atoms with Gasteiger partial charge in [0.15, 0.2) is 0 Å². The van der Waals surface area contributed by atoms with Crippen molar-refractivity contribution in [3.05, 3.63) is 137 Å². The number of carbonyl (C=O) groups excluding carboxylic acids is 2. The third-order valence-corrected chi connectivity index (χ3v) is 6.20. The van der Waals surface area contributed by atoms with E-state index in [0.717, 1.165) is 22.3 Å². The number of halogens is 1. The summed E-state index contributed by atoms with van der Waals surface area (Å²) < 4.78 is 0. The molecule has 0 bridgehead atoms. The number of nitrogens with one attached hydrogen (secondary N) is 1. The topological polar surface area (TPSA) is 62.3 Å². The molecule has 0 radical (unpaired) electrons. The quantitative estimate of drug-likeness (QED) is 0.326. The van der Waals surface area contributed by atoms with E-state index in [-0.39, 0.29) is 18.2 Å². The number of hydrogen-bond donors (Lipinski definition) is 1. The zero-order chi connectivity index (χ0) is 25.2. The van der Waals surface area contributed by atoms with E-state index in [0.29, 0.717) is 24.5 Å². The molecule has 1 N–H and O–H groups in total. The highest BCUT2D eigenvalue weighted by atomic mass is 35.5. The maximum Gasteiger partial charge on any atom is 0.243 e.